The number of carbonyl (C=O) groups is 1. The third kappa shape index (κ3) is 4.08. The summed E-state index contributed by atoms with van der Waals surface area (Å²) >= 11 is 0. The summed E-state index contributed by atoms with van der Waals surface area (Å²) in [4.78, 5) is 26.0. The van der Waals surface area contributed by atoms with Crippen molar-refractivity contribution in [3.8, 4) is 17.2 Å². The van der Waals surface area contributed by atoms with Gasteiger partial charge in [-0.3, -0.25) is 14.8 Å². The van der Waals surface area contributed by atoms with Gasteiger partial charge in [-0.1, -0.05) is 13.0 Å². The number of hydrogen-bond acceptors (Lipinski definition) is 6. The summed E-state index contributed by atoms with van der Waals surface area (Å²) in [5, 5.41) is 0. The van der Waals surface area contributed by atoms with Gasteiger partial charge in [-0.2, -0.15) is 0 Å². The van der Waals surface area contributed by atoms with E-state index in [1.807, 2.05) is 25.1 Å². The second-order valence-electron chi connectivity index (χ2n) is 6.48. The lowest BCUT2D eigenvalue weighted by molar-refractivity contribution is 0.0992. The van der Waals surface area contributed by atoms with Gasteiger partial charge in [0.15, 0.2) is 5.78 Å². The third-order valence-electron chi connectivity index (χ3n) is 4.49. The van der Waals surface area contributed by atoms with Gasteiger partial charge in [0, 0.05) is 29.8 Å². The maximum absolute atomic E-state index is 13.0. The SMILES string of the molecule is CCc1cccc(CC(=O)c2cc(Oc3cncc(OC)c3)cn3ccnc23)n1. The fourth-order valence-electron chi connectivity index (χ4n) is 3.05. The zero-order valence-electron chi connectivity index (χ0n) is 16.2. The largest absolute Gasteiger partial charge is 0.495 e. The third-order valence-corrected chi connectivity index (χ3v) is 4.49. The fourth-order valence-corrected chi connectivity index (χ4v) is 3.05. The Balaban J connectivity index is 1.66. The fraction of sp³-hybridized carbons (Fsp3) is 0.182. The normalized spacial score (nSPS) is 10.8. The number of ether oxygens (including phenoxy) is 2. The van der Waals surface area contributed by atoms with Gasteiger partial charge in [0.25, 0.3) is 0 Å². The molecule has 0 aliphatic heterocycles. The van der Waals surface area contributed by atoms with Crippen molar-refractivity contribution in [3.05, 3.63) is 78.3 Å². The highest BCUT2D eigenvalue weighted by Crippen LogP contribution is 2.26. The molecular formula is C22H20N4O3. The number of aryl methyl sites for hydroxylation is 1. The summed E-state index contributed by atoms with van der Waals surface area (Å²) in [7, 11) is 1.57. The minimum atomic E-state index is -0.0730. The highest BCUT2D eigenvalue weighted by molar-refractivity contribution is 6.02. The van der Waals surface area contributed by atoms with Gasteiger partial charge >= 0.3 is 0 Å². The Morgan fingerprint density at radius 2 is 1.93 bits per heavy atom. The van der Waals surface area contributed by atoms with Crippen LogP contribution in [-0.2, 0) is 12.8 Å². The molecule has 146 valence electrons. The number of aromatic nitrogens is 4. The molecule has 0 aliphatic rings. The van der Waals surface area contributed by atoms with Gasteiger partial charge in [0.05, 0.1) is 37.7 Å². The number of imidazole rings is 1. The Kier molecular flexibility index (Phi) is 5.20. The molecule has 7 nitrogen and oxygen atoms in total. The molecule has 29 heavy (non-hydrogen) atoms. The van der Waals surface area contributed by atoms with Crippen LogP contribution < -0.4 is 9.47 Å². The van der Waals surface area contributed by atoms with Crippen LogP contribution in [0.15, 0.2) is 61.3 Å². The monoisotopic (exact) mass is 388 g/mol. The number of nitrogens with zero attached hydrogens (tertiary/aromatic N) is 4. The first-order valence-corrected chi connectivity index (χ1v) is 9.28. The number of methoxy groups -OCH3 is 1. The molecule has 4 aromatic heterocycles. The van der Waals surface area contributed by atoms with E-state index in [1.165, 1.54) is 0 Å². The molecule has 4 rings (SSSR count). The van der Waals surface area contributed by atoms with Crippen LogP contribution in [0.5, 0.6) is 17.2 Å². The molecule has 0 fully saturated rings. The maximum atomic E-state index is 13.0. The van der Waals surface area contributed by atoms with Gasteiger partial charge in [0.2, 0.25) is 0 Å². The highest BCUT2D eigenvalue weighted by atomic mass is 16.5. The van der Waals surface area contributed by atoms with Crippen LogP contribution in [0, 0.1) is 0 Å². The zero-order valence-corrected chi connectivity index (χ0v) is 16.2. The number of Topliss-reactive ketones (excluding diaryl/α,β-unsaturated/α-hetero) is 1. The molecule has 4 heterocycles. The molecule has 0 saturated carbocycles. The Morgan fingerprint density at radius 1 is 1.10 bits per heavy atom. The molecule has 0 unspecified atom stereocenters. The summed E-state index contributed by atoms with van der Waals surface area (Å²) < 4.78 is 12.9. The van der Waals surface area contributed by atoms with E-state index < -0.39 is 0 Å². The van der Waals surface area contributed by atoms with Crippen LogP contribution in [0.2, 0.25) is 0 Å². The lowest BCUT2D eigenvalue weighted by Gasteiger charge is -2.10. The highest BCUT2D eigenvalue weighted by Gasteiger charge is 2.16. The van der Waals surface area contributed by atoms with Gasteiger partial charge in [-0.15, -0.1) is 0 Å². The van der Waals surface area contributed by atoms with Crippen molar-refractivity contribution < 1.29 is 14.3 Å². The van der Waals surface area contributed by atoms with Crippen molar-refractivity contribution >= 4 is 11.4 Å². The molecule has 0 spiro atoms. The summed E-state index contributed by atoms with van der Waals surface area (Å²) in [6, 6.07) is 9.18. The summed E-state index contributed by atoms with van der Waals surface area (Å²) in [5.41, 5.74) is 2.76. The van der Waals surface area contributed by atoms with Gasteiger partial charge in [-0.25, -0.2) is 4.98 Å². The van der Waals surface area contributed by atoms with Crippen LogP contribution >= 0.6 is 0 Å². The molecule has 0 amide bonds. The Bertz CT molecular complexity index is 1170. The van der Waals surface area contributed by atoms with Crippen LogP contribution in [-0.4, -0.2) is 32.2 Å². The molecule has 0 aliphatic carbocycles. The van der Waals surface area contributed by atoms with Crippen molar-refractivity contribution in [2.24, 2.45) is 0 Å². The summed E-state index contributed by atoms with van der Waals surface area (Å²) in [6.45, 7) is 2.04. The number of pyridine rings is 3. The van der Waals surface area contributed by atoms with Crippen molar-refractivity contribution in [2.75, 3.05) is 7.11 Å². The van der Waals surface area contributed by atoms with E-state index in [0.717, 1.165) is 17.8 Å². The van der Waals surface area contributed by atoms with Gasteiger partial charge in [0.1, 0.15) is 22.9 Å². The molecule has 4 aromatic rings. The van der Waals surface area contributed by atoms with E-state index >= 15 is 0 Å². The van der Waals surface area contributed by atoms with E-state index in [2.05, 4.69) is 15.0 Å². The van der Waals surface area contributed by atoms with E-state index in [9.17, 15) is 4.79 Å². The van der Waals surface area contributed by atoms with Crippen molar-refractivity contribution in [1.29, 1.82) is 0 Å². The molecular weight excluding hydrogens is 368 g/mol. The molecule has 0 radical (unpaired) electrons. The molecule has 0 aromatic carbocycles. The van der Waals surface area contributed by atoms with E-state index in [1.54, 1.807) is 54.6 Å². The first kappa shape index (κ1) is 18.6. The molecule has 7 heteroatoms. The van der Waals surface area contributed by atoms with Crippen molar-refractivity contribution in [3.63, 3.8) is 0 Å². The number of rotatable bonds is 7. The van der Waals surface area contributed by atoms with Crippen LogP contribution in [0.3, 0.4) is 0 Å². The summed E-state index contributed by atoms with van der Waals surface area (Å²) in [5.74, 6) is 1.53. The average Bonchev–Trinajstić information content (AvgIpc) is 3.22. The molecule has 0 N–H and O–H groups in total. The van der Waals surface area contributed by atoms with E-state index in [4.69, 9.17) is 9.47 Å². The topological polar surface area (TPSA) is 78.6 Å². The molecule has 0 saturated heterocycles. The molecule has 0 bridgehead atoms. The first-order chi connectivity index (χ1) is 14.2. The standard InChI is InChI=1S/C22H20N4O3/c1-3-15-5-4-6-16(25-15)9-21(27)20-11-19(14-26-8-7-24-22(20)26)29-18-10-17(28-2)12-23-13-18/h4-8,10-14H,3,9H2,1-2H3. The van der Waals surface area contributed by atoms with Crippen LogP contribution in [0.4, 0.5) is 0 Å². The zero-order chi connectivity index (χ0) is 20.2. The number of hydrogen-bond donors (Lipinski definition) is 0. The van der Waals surface area contributed by atoms with Crippen LogP contribution in [0.1, 0.15) is 28.7 Å². The Labute approximate surface area is 168 Å². The molecule has 0 atom stereocenters. The lowest BCUT2D eigenvalue weighted by atomic mass is 10.1. The quantitative estimate of drug-likeness (QED) is 0.447. The second kappa shape index (κ2) is 8.10. The lowest BCUT2D eigenvalue weighted by Crippen LogP contribution is -2.08. The van der Waals surface area contributed by atoms with E-state index in [-0.39, 0.29) is 12.2 Å². The van der Waals surface area contributed by atoms with Gasteiger partial charge < -0.3 is 13.9 Å². The predicted octanol–water partition coefficient (Wildman–Crippen LogP) is 3.91. The number of ketones is 1. The minimum Gasteiger partial charge on any atom is -0.495 e. The smallest absolute Gasteiger partial charge is 0.172 e. The Morgan fingerprint density at radius 3 is 2.76 bits per heavy atom. The summed E-state index contributed by atoms with van der Waals surface area (Å²) in [6.07, 6.45) is 9.40. The first-order valence-electron chi connectivity index (χ1n) is 9.28. The minimum absolute atomic E-state index is 0.0730. The Hall–Kier alpha value is -3.74. The van der Waals surface area contributed by atoms with Crippen molar-refractivity contribution in [1.82, 2.24) is 19.4 Å². The predicted molar refractivity (Wildman–Crippen MR) is 108 cm³/mol. The number of fused-ring (bicyclic) bond motifs is 1. The maximum Gasteiger partial charge on any atom is 0.172 e. The average molecular weight is 388 g/mol. The van der Waals surface area contributed by atoms with Crippen LogP contribution in [0.25, 0.3) is 5.65 Å². The van der Waals surface area contributed by atoms with Crippen molar-refractivity contribution in [2.45, 2.75) is 19.8 Å². The van der Waals surface area contributed by atoms with Gasteiger partial charge in [-0.05, 0) is 24.6 Å². The van der Waals surface area contributed by atoms with E-state index in [0.29, 0.717) is 28.5 Å². The second-order valence-corrected chi connectivity index (χ2v) is 6.48. The number of carbonyl (C=O) groups excluding carboxylic acids is 1.